The first-order valence-corrected chi connectivity index (χ1v) is 11.9. The molecule has 0 saturated heterocycles. The van der Waals surface area contributed by atoms with Crippen molar-refractivity contribution in [2.45, 2.75) is 26.3 Å². The largest absolute Gasteiger partial charge is 0.467 e. The molecule has 0 unspecified atom stereocenters. The Morgan fingerprint density at radius 1 is 1.06 bits per heavy atom. The molecule has 1 amide bonds. The number of benzene rings is 2. The van der Waals surface area contributed by atoms with Gasteiger partial charge in [0.25, 0.3) is 5.91 Å². The number of amides is 1. The summed E-state index contributed by atoms with van der Waals surface area (Å²) < 4.78 is 7.59. The first-order valence-electron chi connectivity index (χ1n) is 9.93. The number of aromatic nitrogens is 1. The number of thiazole rings is 1. The molecular formula is C24H19ClN2O2S2. The van der Waals surface area contributed by atoms with E-state index in [9.17, 15) is 4.79 Å². The van der Waals surface area contributed by atoms with Crippen LogP contribution in [-0.4, -0.2) is 10.9 Å². The van der Waals surface area contributed by atoms with Gasteiger partial charge in [-0.1, -0.05) is 67.1 Å². The van der Waals surface area contributed by atoms with Crippen LogP contribution in [0.25, 0.3) is 20.3 Å². The van der Waals surface area contributed by atoms with Gasteiger partial charge in [-0.15, -0.1) is 11.3 Å². The van der Waals surface area contributed by atoms with Crippen LogP contribution in [0.1, 0.15) is 40.8 Å². The smallest absolute Gasteiger partial charge is 0.272 e. The maximum absolute atomic E-state index is 13.7. The number of halogens is 1. The molecule has 0 radical (unpaired) electrons. The lowest BCUT2D eigenvalue weighted by Crippen LogP contribution is -2.29. The molecule has 0 atom stereocenters. The van der Waals surface area contributed by atoms with Gasteiger partial charge in [0.2, 0.25) is 0 Å². The Kier molecular flexibility index (Phi) is 5.30. The summed E-state index contributed by atoms with van der Waals surface area (Å²) in [4.78, 5) is 20.8. The third-order valence-electron chi connectivity index (χ3n) is 5.16. The number of thiophene rings is 1. The second kappa shape index (κ2) is 8.11. The molecule has 2 aromatic carbocycles. The van der Waals surface area contributed by atoms with Crippen molar-refractivity contribution >= 4 is 65.6 Å². The molecule has 31 heavy (non-hydrogen) atoms. The molecule has 0 aliphatic rings. The van der Waals surface area contributed by atoms with Crippen LogP contribution in [0.5, 0.6) is 0 Å². The van der Waals surface area contributed by atoms with E-state index in [2.05, 4.69) is 19.9 Å². The number of anilines is 1. The quantitative estimate of drug-likeness (QED) is 0.266. The zero-order chi connectivity index (χ0) is 21.5. The van der Waals surface area contributed by atoms with Crippen molar-refractivity contribution in [1.29, 1.82) is 0 Å². The fourth-order valence-electron chi connectivity index (χ4n) is 3.60. The number of carbonyl (C=O) groups is 1. The Morgan fingerprint density at radius 3 is 2.61 bits per heavy atom. The Balaban J connectivity index is 1.63. The minimum atomic E-state index is -0.173. The van der Waals surface area contributed by atoms with Crippen LogP contribution in [0.2, 0.25) is 5.02 Å². The van der Waals surface area contributed by atoms with E-state index in [1.807, 2.05) is 48.5 Å². The highest BCUT2D eigenvalue weighted by atomic mass is 35.5. The molecule has 0 aliphatic heterocycles. The van der Waals surface area contributed by atoms with Crippen LogP contribution in [0, 0.1) is 0 Å². The Bertz CT molecular complexity index is 1390. The van der Waals surface area contributed by atoms with E-state index < -0.39 is 0 Å². The summed E-state index contributed by atoms with van der Waals surface area (Å²) in [6.45, 7) is 4.58. The maximum Gasteiger partial charge on any atom is 0.272 e. The van der Waals surface area contributed by atoms with Gasteiger partial charge in [-0.2, -0.15) is 0 Å². The number of fused-ring (bicyclic) bond motifs is 2. The number of hydrogen-bond donors (Lipinski definition) is 0. The number of para-hydroxylation sites is 1. The maximum atomic E-state index is 13.7. The first-order chi connectivity index (χ1) is 15.0. The van der Waals surface area contributed by atoms with Crippen molar-refractivity contribution in [3.05, 3.63) is 82.1 Å². The lowest BCUT2D eigenvalue weighted by molar-refractivity contribution is 0.0987. The number of furan rings is 1. The number of rotatable bonds is 5. The van der Waals surface area contributed by atoms with Gasteiger partial charge >= 0.3 is 0 Å². The zero-order valence-corrected chi connectivity index (χ0v) is 19.4. The van der Waals surface area contributed by atoms with Gasteiger partial charge in [0.05, 0.1) is 28.0 Å². The number of hydrogen-bond acceptors (Lipinski definition) is 5. The van der Waals surface area contributed by atoms with Crippen molar-refractivity contribution in [1.82, 2.24) is 4.98 Å². The van der Waals surface area contributed by atoms with Gasteiger partial charge in [0.15, 0.2) is 5.13 Å². The van der Waals surface area contributed by atoms with Crippen molar-refractivity contribution in [2.24, 2.45) is 0 Å². The molecule has 156 valence electrons. The zero-order valence-electron chi connectivity index (χ0n) is 17.0. The van der Waals surface area contributed by atoms with Crippen LogP contribution < -0.4 is 4.90 Å². The van der Waals surface area contributed by atoms with Gasteiger partial charge in [0.1, 0.15) is 10.6 Å². The van der Waals surface area contributed by atoms with Crippen molar-refractivity contribution in [3.63, 3.8) is 0 Å². The summed E-state index contributed by atoms with van der Waals surface area (Å²) in [6, 6.07) is 17.7. The summed E-state index contributed by atoms with van der Waals surface area (Å²) in [5.74, 6) is 0.853. The first kappa shape index (κ1) is 20.2. The van der Waals surface area contributed by atoms with Crippen molar-refractivity contribution < 1.29 is 9.21 Å². The van der Waals surface area contributed by atoms with E-state index in [1.165, 1.54) is 28.2 Å². The molecule has 4 nitrogen and oxygen atoms in total. The second-order valence-electron chi connectivity index (χ2n) is 7.56. The van der Waals surface area contributed by atoms with E-state index in [4.69, 9.17) is 21.0 Å². The van der Waals surface area contributed by atoms with Crippen LogP contribution in [-0.2, 0) is 6.54 Å². The summed E-state index contributed by atoms with van der Waals surface area (Å²) >= 11 is 9.55. The van der Waals surface area contributed by atoms with E-state index in [0.717, 1.165) is 20.3 Å². The van der Waals surface area contributed by atoms with Crippen LogP contribution in [0.15, 0.2) is 65.3 Å². The summed E-state index contributed by atoms with van der Waals surface area (Å²) in [7, 11) is 0. The van der Waals surface area contributed by atoms with E-state index in [0.29, 0.717) is 26.7 Å². The molecule has 5 rings (SSSR count). The number of carbonyl (C=O) groups excluding carboxylic acids is 1. The predicted octanol–water partition coefficient (Wildman–Crippen LogP) is 7.73. The Labute approximate surface area is 192 Å². The molecule has 3 aromatic heterocycles. The average molecular weight is 467 g/mol. The second-order valence-corrected chi connectivity index (χ2v) is 10.00. The fourth-order valence-corrected chi connectivity index (χ4v) is 6.06. The van der Waals surface area contributed by atoms with Gasteiger partial charge in [-0.25, -0.2) is 4.98 Å². The molecule has 7 heteroatoms. The third-order valence-corrected chi connectivity index (χ3v) is 7.87. The average Bonchev–Trinajstić information content (AvgIpc) is 3.50. The SMILES string of the molecule is CC(C)c1cccc2sc(N(Cc3ccco3)C(=O)c3sc4ccccc4c3Cl)nc12. The lowest BCUT2D eigenvalue weighted by atomic mass is 10.0. The molecule has 0 spiro atoms. The molecule has 0 fully saturated rings. The predicted molar refractivity (Wildman–Crippen MR) is 130 cm³/mol. The highest BCUT2D eigenvalue weighted by Gasteiger charge is 2.27. The molecular weight excluding hydrogens is 448 g/mol. The summed E-state index contributed by atoms with van der Waals surface area (Å²) in [5.41, 5.74) is 2.11. The minimum absolute atomic E-state index is 0.173. The van der Waals surface area contributed by atoms with Crippen molar-refractivity contribution in [2.75, 3.05) is 4.90 Å². The Hall–Kier alpha value is -2.67. The van der Waals surface area contributed by atoms with Crippen LogP contribution in [0.3, 0.4) is 0 Å². The molecule has 0 bridgehead atoms. The molecule has 0 N–H and O–H groups in total. The highest BCUT2D eigenvalue weighted by Crippen LogP contribution is 2.39. The number of nitrogens with zero attached hydrogens (tertiary/aromatic N) is 2. The normalized spacial score (nSPS) is 11.6. The van der Waals surface area contributed by atoms with E-state index >= 15 is 0 Å². The van der Waals surface area contributed by atoms with Gasteiger partial charge < -0.3 is 4.42 Å². The standard InChI is InChI=1S/C24H19ClN2O2S2/c1-14(2)16-9-5-11-19-21(16)26-24(31-19)27(13-15-7-6-12-29-15)23(28)22-20(25)17-8-3-4-10-18(17)30-22/h3-12,14H,13H2,1-2H3. The molecule has 3 heterocycles. The summed E-state index contributed by atoms with van der Waals surface area (Å²) in [6.07, 6.45) is 1.61. The van der Waals surface area contributed by atoms with Crippen LogP contribution in [0.4, 0.5) is 5.13 Å². The highest BCUT2D eigenvalue weighted by molar-refractivity contribution is 7.23. The van der Waals surface area contributed by atoms with Gasteiger partial charge in [-0.05, 0) is 35.7 Å². The van der Waals surface area contributed by atoms with E-state index in [-0.39, 0.29) is 12.5 Å². The van der Waals surface area contributed by atoms with Gasteiger partial charge in [0, 0.05) is 10.1 Å². The monoisotopic (exact) mass is 466 g/mol. The van der Waals surface area contributed by atoms with Crippen LogP contribution >= 0.6 is 34.3 Å². The van der Waals surface area contributed by atoms with E-state index in [1.54, 1.807) is 11.2 Å². The topological polar surface area (TPSA) is 46.3 Å². The third kappa shape index (κ3) is 3.65. The molecule has 0 saturated carbocycles. The molecule has 0 aliphatic carbocycles. The fraction of sp³-hybridized carbons (Fsp3) is 0.167. The van der Waals surface area contributed by atoms with Crippen molar-refractivity contribution in [3.8, 4) is 0 Å². The Morgan fingerprint density at radius 2 is 1.87 bits per heavy atom. The minimum Gasteiger partial charge on any atom is -0.467 e. The van der Waals surface area contributed by atoms with Gasteiger partial charge in [-0.3, -0.25) is 9.69 Å². The lowest BCUT2D eigenvalue weighted by Gasteiger charge is -2.18. The molecule has 5 aromatic rings. The summed E-state index contributed by atoms with van der Waals surface area (Å²) in [5, 5.41) is 2.01.